The van der Waals surface area contributed by atoms with Crippen LogP contribution in [0.25, 0.3) is 0 Å². The molecule has 3 nitrogen and oxygen atoms in total. The molecular weight excluding hydrogens is 214 g/mol. The number of carbonyl (C=O) groups is 2. The fraction of sp³-hybridized carbons (Fsp3) is 0.429. The predicted molar refractivity (Wildman–Crippen MR) is 72.4 cm³/mol. The molecule has 0 saturated heterocycles. The number of carbonyl (C=O) groups excluding carboxylic acids is 2. The molecule has 0 aromatic heterocycles. The molecule has 17 heavy (non-hydrogen) atoms. The van der Waals surface area contributed by atoms with Crippen molar-refractivity contribution >= 4 is 12.6 Å². The zero-order chi connectivity index (χ0) is 13.5. The van der Waals surface area contributed by atoms with Crippen LogP contribution >= 0.6 is 0 Å². The van der Waals surface area contributed by atoms with Gasteiger partial charge in [-0.25, -0.2) is 0 Å². The fourth-order valence-electron chi connectivity index (χ4n) is 0.843. The van der Waals surface area contributed by atoms with E-state index in [-0.39, 0.29) is 0 Å². The smallest absolute Gasteiger partial charge is 0.150 e. The van der Waals surface area contributed by atoms with Gasteiger partial charge in [0.05, 0.1) is 0 Å². The molecule has 0 heterocycles. The maximum absolute atomic E-state index is 10.0. The minimum atomic E-state index is 0.646. The summed E-state index contributed by atoms with van der Waals surface area (Å²) in [5.74, 6) is 0. The Balaban J connectivity index is 0. The molecule has 1 rings (SSSR count). The fourth-order valence-corrected chi connectivity index (χ4v) is 0.843. The summed E-state index contributed by atoms with van der Waals surface area (Å²) in [5, 5.41) is 0. The van der Waals surface area contributed by atoms with Crippen molar-refractivity contribution in [3.8, 4) is 0 Å². The largest absolute Gasteiger partial charge is 0.309 e. The molecule has 0 bridgehead atoms. The highest BCUT2D eigenvalue weighted by Crippen LogP contribution is 1.91. The summed E-state index contributed by atoms with van der Waals surface area (Å²) in [6, 6.07) is 9.10. The zero-order valence-corrected chi connectivity index (χ0v) is 11.2. The summed E-state index contributed by atoms with van der Waals surface area (Å²) >= 11 is 0. The van der Waals surface area contributed by atoms with Gasteiger partial charge in [0, 0.05) is 18.5 Å². The second-order valence-electron chi connectivity index (χ2n) is 3.29. The minimum Gasteiger partial charge on any atom is -0.309 e. The minimum absolute atomic E-state index is 0.646. The predicted octanol–water partition coefficient (Wildman–Crippen LogP) is 2.66. The van der Waals surface area contributed by atoms with E-state index in [9.17, 15) is 9.59 Å². The van der Waals surface area contributed by atoms with Gasteiger partial charge >= 0.3 is 0 Å². The Morgan fingerprint density at radius 2 is 1.59 bits per heavy atom. The van der Waals surface area contributed by atoms with Crippen molar-refractivity contribution in [1.82, 2.24) is 4.90 Å². The molecular formula is C14H23NO2. The van der Waals surface area contributed by atoms with Crippen LogP contribution in [-0.2, 0) is 4.79 Å². The average molecular weight is 237 g/mol. The van der Waals surface area contributed by atoms with E-state index in [1.165, 1.54) is 0 Å². The van der Waals surface area contributed by atoms with Gasteiger partial charge in [-0.2, -0.15) is 0 Å². The van der Waals surface area contributed by atoms with Crippen molar-refractivity contribution in [2.75, 3.05) is 20.6 Å². The first-order valence-electron chi connectivity index (χ1n) is 5.79. The lowest BCUT2D eigenvalue weighted by Crippen LogP contribution is -2.12. The molecule has 1 aromatic carbocycles. The van der Waals surface area contributed by atoms with Crippen molar-refractivity contribution in [3.63, 3.8) is 0 Å². The molecule has 0 radical (unpaired) electrons. The van der Waals surface area contributed by atoms with Gasteiger partial charge in [0.2, 0.25) is 0 Å². The van der Waals surface area contributed by atoms with Crippen molar-refractivity contribution < 1.29 is 9.59 Å². The molecule has 0 aliphatic carbocycles. The SMILES string of the molecule is CC.CN(C)CCC=O.O=Cc1ccccc1. The summed E-state index contributed by atoms with van der Waals surface area (Å²) < 4.78 is 0. The molecule has 96 valence electrons. The van der Waals surface area contributed by atoms with E-state index in [2.05, 4.69) is 0 Å². The van der Waals surface area contributed by atoms with Crippen molar-refractivity contribution in [2.24, 2.45) is 0 Å². The van der Waals surface area contributed by atoms with Crippen LogP contribution in [0.15, 0.2) is 30.3 Å². The van der Waals surface area contributed by atoms with Gasteiger partial charge in [0.25, 0.3) is 0 Å². The Bertz CT molecular complexity index is 271. The van der Waals surface area contributed by atoms with Crippen molar-refractivity contribution in [2.45, 2.75) is 20.3 Å². The monoisotopic (exact) mass is 237 g/mol. The van der Waals surface area contributed by atoms with Crippen LogP contribution in [0.5, 0.6) is 0 Å². The zero-order valence-electron chi connectivity index (χ0n) is 11.2. The van der Waals surface area contributed by atoms with Crippen LogP contribution in [0.4, 0.5) is 0 Å². The normalized spacial score (nSPS) is 8.29. The molecule has 0 atom stereocenters. The number of rotatable bonds is 4. The number of benzene rings is 1. The summed E-state index contributed by atoms with van der Waals surface area (Å²) in [6.07, 6.45) is 2.41. The van der Waals surface area contributed by atoms with Crippen LogP contribution in [0.1, 0.15) is 30.6 Å². The number of hydrogen-bond donors (Lipinski definition) is 0. The highest BCUT2D eigenvalue weighted by Gasteiger charge is 1.83. The summed E-state index contributed by atoms with van der Waals surface area (Å²) in [7, 11) is 3.90. The first-order valence-corrected chi connectivity index (χ1v) is 5.79. The Kier molecular flexibility index (Phi) is 15.3. The second-order valence-corrected chi connectivity index (χ2v) is 3.29. The van der Waals surface area contributed by atoms with E-state index < -0.39 is 0 Å². The van der Waals surface area contributed by atoms with Gasteiger partial charge in [-0.1, -0.05) is 44.2 Å². The molecule has 0 aliphatic heterocycles. The van der Waals surface area contributed by atoms with Gasteiger partial charge in [-0.15, -0.1) is 0 Å². The van der Waals surface area contributed by atoms with E-state index >= 15 is 0 Å². The number of nitrogens with zero attached hydrogens (tertiary/aromatic N) is 1. The molecule has 0 aliphatic rings. The van der Waals surface area contributed by atoms with Crippen LogP contribution in [0, 0.1) is 0 Å². The van der Waals surface area contributed by atoms with Crippen LogP contribution < -0.4 is 0 Å². The highest BCUT2D eigenvalue weighted by atomic mass is 16.1. The van der Waals surface area contributed by atoms with Gasteiger partial charge < -0.3 is 9.69 Å². The number of aldehydes is 2. The topological polar surface area (TPSA) is 37.4 Å². The highest BCUT2D eigenvalue weighted by molar-refractivity contribution is 5.74. The third-order valence-corrected chi connectivity index (χ3v) is 1.63. The summed E-state index contributed by atoms with van der Waals surface area (Å²) in [4.78, 5) is 21.7. The second kappa shape index (κ2) is 14.5. The van der Waals surface area contributed by atoms with E-state index in [0.717, 1.165) is 24.7 Å². The van der Waals surface area contributed by atoms with Gasteiger partial charge in [0.1, 0.15) is 12.6 Å². The lowest BCUT2D eigenvalue weighted by Gasteiger charge is -2.03. The van der Waals surface area contributed by atoms with Gasteiger partial charge in [0.15, 0.2) is 0 Å². The molecule has 0 amide bonds. The van der Waals surface area contributed by atoms with E-state index in [0.29, 0.717) is 6.42 Å². The molecule has 0 saturated carbocycles. The lowest BCUT2D eigenvalue weighted by atomic mass is 10.2. The molecule has 0 N–H and O–H groups in total. The van der Waals surface area contributed by atoms with Crippen LogP contribution in [0.2, 0.25) is 0 Å². The van der Waals surface area contributed by atoms with Crippen LogP contribution in [-0.4, -0.2) is 38.1 Å². The lowest BCUT2D eigenvalue weighted by molar-refractivity contribution is -0.108. The average Bonchev–Trinajstić information content (AvgIpc) is 2.40. The first kappa shape index (κ1) is 17.9. The Morgan fingerprint density at radius 1 is 1.06 bits per heavy atom. The number of hydrogen-bond acceptors (Lipinski definition) is 3. The maximum Gasteiger partial charge on any atom is 0.150 e. The van der Waals surface area contributed by atoms with E-state index in [1.807, 2.05) is 51.0 Å². The van der Waals surface area contributed by atoms with E-state index in [1.54, 1.807) is 12.1 Å². The quantitative estimate of drug-likeness (QED) is 0.755. The Labute approximate surface area is 104 Å². The molecule has 3 heteroatoms. The van der Waals surface area contributed by atoms with Gasteiger partial charge in [-0.05, 0) is 14.1 Å². The Hall–Kier alpha value is -1.48. The van der Waals surface area contributed by atoms with E-state index in [4.69, 9.17) is 0 Å². The maximum atomic E-state index is 10.0. The third-order valence-electron chi connectivity index (χ3n) is 1.63. The van der Waals surface area contributed by atoms with Crippen molar-refractivity contribution in [3.05, 3.63) is 35.9 Å². The Morgan fingerprint density at radius 3 is 1.82 bits per heavy atom. The third kappa shape index (κ3) is 14.5. The van der Waals surface area contributed by atoms with Crippen LogP contribution in [0.3, 0.4) is 0 Å². The van der Waals surface area contributed by atoms with Gasteiger partial charge in [-0.3, -0.25) is 4.79 Å². The standard InChI is InChI=1S/C7H6O.C5H11NO.C2H6/c8-6-7-4-2-1-3-5-7;1-6(2)4-3-5-7;1-2/h1-6H;5H,3-4H2,1-2H3;1-2H3. The molecule has 0 spiro atoms. The summed E-state index contributed by atoms with van der Waals surface area (Å²) in [6.45, 7) is 4.86. The summed E-state index contributed by atoms with van der Waals surface area (Å²) in [5.41, 5.74) is 0.729. The molecule has 1 aromatic rings. The molecule has 0 fully saturated rings. The molecule has 0 unspecified atom stereocenters. The first-order chi connectivity index (χ1) is 8.20. The van der Waals surface area contributed by atoms with Crippen molar-refractivity contribution in [1.29, 1.82) is 0 Å².